The molecule has 0 rings (SSSR count). The molecule has 0 saturated carbocycles. The molecule has 0 radical (unpaired) electrons. The van der Waals surface area contributed by atoms with Gasteiger partial charge < -0.3 is 14.2 Å². The van der Waals surface area contributed by atoms with Crippen molar-refractivity contribution in [3.05, 3.63) is 97.2 Å². The summed E-state index contributed by atoms with van der Waals surface area (Å²) in [6.07, 6.45) is 91.5. The summed E-state index contributed by atoms with van der Waals surface area (Å²) >= 11 is 0. The topological polar surface area (TPSA) is 78.9 Å². The van der Waals surface area contributed by atoms with Gasteiger partial charge in [-0.2, -0.15) is 0 Å². The van der Waals surface area contributed by atoms with Gasteiger partial charge in [0.1, 0.15) is 13.2 Å². The van der Waals surface area contributed by atoms with E-state index in [9.17, 15) is 14.4 Å². The van der Waals surface area contributed by atoms with E-state index >= 15 is 0 Å². The molecule has 0 aliphatic carbocycles. The first-order valence-electron chi connectivity index (χ1n) is 34.2. The molecule has 0 aromatic heterocycles. The molecule has 460 valence electrons. The highest BCUT2D eigenvalue weighted by atomic mass is 16.6. The van der Waals surface area contributed by atoms with E-state index < -0.39 is 6.10 Å². The van der Waals surface area contributed by atoms with Crippen LogP contribution >= 0.6 is 0 Å². The van der Waals surface area contributed by atoms with Gasteiger partial charge in [-0.3, -0.25) is 14.4 Å². The minimum atomic E-state index is -0.800. The summed E-state index contributed by atoms with van der Waals surface area (Å²) in [7, 11) is 0. The van der Waals surface area contributed by atoms with Gasteiger partial charge in [0.25, 0.3) is 0 Å². The van der Waals surface area contributed by atoms with E-state index in [4.69, 9.17) is 14.2 Å². The first-order valence-corrected chi connectivity index (χ1v) is 34.2. The number of esters is 3. The number of rotatable bonds is 62. The summed E-state index contributed by atoms with van der Waals surface area (Å²) in [5.41, 5.74) is 0. The number of hydrogen-bond donors (Lipinski definition) is 0. The maximum atomic E-state index is 12.9. The quantitative estimate of drug-likeness (QED) is 0.0261. The molecule has 0 aromatic rings. The molecule has 0 bridgehead atoms. The molecule has 0 spiro atoms. The summed E-state index contributed by atoms with van der Waals surface area (Å²) in [6.45, 7) is 6.49. The third-order valence-corrected chi connectivity index (χ3v) is 14.8. The van der Waals surface area contributed by atoms with Gasteiger partial charge in [-0.25, -0.2) is 0 Å². The van der Waals surface area contributed by atoms with Gasteiger partial charge >= 0.3 is 17.9 Å². The standard InChI is InChI=1S/C74H128O6/c1-4-7-10-13-16-19-22-25-28-30-32-33-34-35-36-37-38-39-40-41-42-44-46-49-52-55-58-61-64-67-73(76)79-70-71(69-78-72(75)66-63-60-57-54-51-48-45-27-24-21-18-15-12-9-6-3)80-74(77)68-65-62-59-56-53-50-47-43-31-29-26-23-20-17-14-11-8-5-2/h9,12,18,20-23,25,27,29-32,45,51,54,71H,4-8,10-11,13-17,19,24,26,28,33-44,46-50,52-53,55-70H2,1-3H3/b12-9-,21-18-,23-20-,25-22-,31-29-,32-30-,45-27-,54-51-. The molecule has 1 unspecified atom stereocenters. The lowest BCUT2D eigenvalue weighted by atomic mass is 10.0. The second kappa shape index (κ2) is 67.8. The number of ether oxygens (including phenoxy) is 3. The monoisotopic (exact) mass is 1110 g/mol. The Hall–Kier alpha value is -3.67. The molecule has 0 aliphatic heterocycles. The lowest BCUT2D eigenvalue weighted by Gasteiger charge is -2.18. The van der Waals surface area contributed by atoms with Crippen molar-refractivity contribution in [2.75, 3.05) is 13.2 Å². The molecule has 0 aliphatic rings. The van der Waals surface area contributed by atoms with Gasteiger partial charge in [0.05, 0.1) is 0 Å². The van der Waals surface area contributed by atoms with E-state index in [1.165, 1.54) is 193 Å². The first kappa shape index (κ1) is 76.3. The van der Waals surface area contributed by atoms with Crippen LogP contribution in [0.5, 0.6) is 0 Å². The Morgan fingerprint density at radius 2 is 0.487 bits per heavy atom. The van der Waals surface area contributed by atoms with Crippen molar-refractivity contribution in [2.24, 2.45) is 0 Å². The van der Waals surface area contributed by atoms with E-state index in [1.54, 1.807) is 0 Å². The zero-order valence-corrected chi connectivity index (χ0v) is 52.8. The van der Waals surface area contributed by atoms with Crippen molar-refractivity contribution in [1.29, 1.82) is 0 Å². The van der Waals surface area contributed by atoms with E-state index in [1.807, 2.05) is 0 Å². The Balaban J connectivity index is 4.29. The van der Waals surface area contributed by atoms with Crippen LogP contribution in [0.4, 0.5) is 0 Å². The molecule has 80 heavy (non-hydrogen) atoms. The highest BCUT2D eigenvalue weighted by Crippen LogP contribution is 2.17. The highest BCUT2D eigenvalue weighted by molar-refractivity contribution is 5.71. The van der Waals surface area contributed by atoms with Crippen molar-refractivity contribution in [2.45, 2.75) is 341 Å². The molecule has 0 N–H and O–H groups in total. The van der Waals surface area contributed by atoms with Crippen LogP contribution in [0.25, 0.3) is 0 Å². The zero-order valence-electron chi connectivity index (χ0n) is 52.8. The fourth-order valence-electron chi connectivity index (χ4n) is 9.67. The van der Waals surface area contributed by atoms with Crippen LogP contribution in [0.3, 0.4) is 0 Å². The maximum Gasteiger partial charge on any atom is 0.306 e. The smallest absolute Gasteiger partial charge is 0.306 e. The Morgan fingerprint density at radius 3 is 0.800 bits per heavy atom. The van der Waals surface area contributed by atoms with Crippen molar-refractivity contribution >= 4 is 17.9 Å². The minimum Gasteiger partial charge on any atom is -0.462 e. The maximum absolute atomic E-state index is 12.9. The van der Waals surface area contributed by atoms with E-state index in [-0.39, 0.29) is 31.1 Å². The van der Waals surface area contributed by atoms with Crippen LogP contribution in [0.15, 0.2) is 97.2 Å². The second-order valence-electron chi connectivity index (χ2n) is 22.7. The molecule has 0 saturated heterocycles. The Kier molecular flexibility index (Phi) is 64.7. The van der Waals surface area contributed by atoms with Crippen molar-refractivity contribution in [3.63, 3.8) is 0 Å². The third kappa shape index (κ3) is 65.1. The average molecular weight is 1110 g/mol. The van der Waals surface area contributed by atoms with Crippen LogP contribution < -0.4 is 0 Å². The molecule has 6 heteroatoms. The summed E-state index contributed by atoms with van der Waals surface area (Å²) in [6, 6.07) is 0. The summed E-state index contributed by atoms with van der Waals surface area (Å²) < 4.78 is 16.9. The summed E-state index contributed by atoms with van der Waals surface area (Å²) in [5, 5.41) is 0. The Bertz CT molecular complexity index is 1560. The molecular weight excluding hydrogens is 985 g/mol. The molecule has 6 nitrogen and oxygen atoms in total. The number of unbranched alkanes of at least 4 members (excludes halogenated alkanes) is 35. The Labute approximate surface area is 496 Å². The van der Waals surface area contributed by atoms with Crippen LogP contribution in [0.2, 0.25) is 0 Å². The van der Waals surface area contributed by atoms with Gasteiger partial charge in [0.2, 0.25) is 0 Å². The van der Waals surface area contributed by atoms with Crippen LogP contribution in [-0.4, -0.2) is 37.2 Å². The average Bonchev–Trinajstić information content (AvgIpc) is 3.46. The Morgan fingerprint density at radius 1 is 0.263 bits per heavy atom. The van der Waals surface area contributed by atoms with Gasteiger partial charge in [0, 0.05) is 19.3 Å². The van der Waals surface area contributed by atoms with E-state index in [0.29, 0.717) is 19.3 Å². The van der Waals surface area contributed by atoms with Crippen LogP contribution in [-0.2, 0) is 28.6 Å². The zero-order chi connectivity index (χ0) is 57.8. The van der Waals surface area contributed by atoms with Crippen molar-refractivity contribution < 1.29 is 28.6 Å². The number of allylic oxidation sites excluding steroid dienone is 16. The van der Waals surface area contributed by atoms with Crippen molar-refractivity contribution in [3.8, 4) is 0 Å². The molecular formula is C74H128O6. The molecule has 0 aromatic carbocycles. The van der Waals surface area contributed by atoms with Gasteiger partial charge in [-0.05, 0) is 122 Å². The van der Waals surface area contributed by atoms with Crippen molar-refractivity contribution in [1.82, 2.24) is 0 Å². The lowest BCUT2D eigenvalue weighted by Crippen LogP contribution is -2.30. The molecule has 0 fully saturated rings. The fraction of sp³-hybridized carbons (Fsp3) is 0.743. The first-order chi connectivity index (χ1) is 39.5. The van der Waals surface area contributed by atoms with E-state index in [0.717, 1.165) is 103 Å². The largest absolute Gasteiger partial charge is 0.462 e. The lowest BCUT2D eigenvalue weighted by molar-refractivity contribution is -0.167. The number of hydrogen-bond acceptors (Lipinski definition) is 6. The highest BCUT2D eigenvalue weighted by Gasteiger charge is 2.19. The van der Waals surface area contributed by atoms with E-state index in [2.05, 4.69) is 118 Å². The van der Waals surface area contributed by atoms with Gasteiger partial charge in [0.15, 0.2) is 6.10 Å². The number of carbonyl (C=O) groups excluding carboxylic acids is 3. The SMILES string of the molecule is CC/C=C\C/C=C\C/C=C\C/C=C\CCCCC(=O)OCC(COC(=O)CCCCCCCCCCCCCCCCCCC/C=C\C/C=C\CCCCCCC)OC(=O)CCCCCCCCC/C=C\C/C=C\CCCCCC. The van der Waals surface area contributed by atoms with Crippen LogP contribution in [0.1, 0.15) is 335 Å². The number of carbonyl (C=O) groups is 3. The summed E-state index contributed by atoms with van der Waals surface area (Å²) in [4.78, 5) is 38.4. The van der Waals surface area contributed by atoms with Gasteiger partial charge in [-0.1, -0.05) is 291 Å². The van der Waals surface area contributed by atoms with Crippen LogP contribution in [0, 0.1) is 0 Å². The predicted octanol–water partition coefficient (Wildman–Crippen LogP) is 23.6. The molecule has 1 atom stereocenters. The summed E-state index contributed by atoms with van der Waals surface area (Å²) in [5.74, 6) is -0.931. The predicted molar refractivity (Wildman–Crippen MR) is 348 cm³/mol. The fourth-order valence-corrected chi connectivity index (χ4v) is 9.67. The minimum absolute atomic E-state index is 0.0923. The molecule has 0 heterocycles. The second-order valence-corrected chi connectivity index (χ2v) is 22.7. The molecule has 0 amide bonds. The van der Waals surface area contributed by atoms with Gasteiger partial charge in [-0.15, -0.1) is 0 Å². The normalized spacial score (nSPS) is 12.7. The third-order valence-electron chi connectivity index (χ3n) is 14.8.